The van der Waals surface area contributed by atoms with Crippen LogP contribution in [0.2, 0.25) is 0 Å². The Morgan fingerprint density at radius 2 is 1.56 bits per heavy atom. The lowest BCUT2D eigenvalue weighted by atomic mass is 10.00. The van der Waals surface area contributed by atoms with E-state index < -0.39 is 10.0 Å². The van der Waals surface area contributed by atoms with E-state index in [1.165, 1.54) is 4.31 Å². The van der Waals surface area contributed by atoms with Crippen LogP contribution in [0.25, 0.3) is 0 Å². The fourth-order valence-corrected chi connectivity index (χ4v) is 6.73. The van der Waals surface area contributed by atoms with E-state index in [0.29, 0.717) is 44.5 Å². The van der Waals surface area contributed by atoms with Crippen molar-refractivity contribution < 1.29 is 22.7 Å². The number of carbonyl (C=O) groups is 2. The van der Waals surface area contributed by atoms with Gasteiger partial charge in [0.15, 0.2) is 0 Å². The summed E-state index contributed by atoms with van der Waals surface area (Å²) in [5.74, 6) is 0.466. The van der Waals surface area contributed by atoms with Gasteiger partial charge < -0.3 is 14.5 Å². The topological polar surface area (TPSA) is 87.2 Å². The van der Waals surface area contributed by atoms with Gasteiger partial charge in [0.2, 0.25) is 15.9 Å². The highest BCUT2D eigenvalue weighted by molar-refractivity contribution is 7.89. The molecule has 4 rings (SSSR count). The number of rotatable bonds is 11. The Kier molecular flexibility index (Phi) is 10.2. The third-order valence-electron chi connectivity index (χ3n) is 7.57. The van der Waals surface area contributed by atoms with E-state index in [9.17, 15) is 18.0 Å². The predicted octanol–water partition coefficient (Wildman–Crippen LogP) is 4.74. The van der Waals surface area contributed by atoms with Crippen molar-refractivity contribution in [3.05, 3.63) is 95.6 Å². The first-order valence-corrected chi connectivity index (χ1v) is 15.5. The molecule has 41 heavy (non-hydrogen) atoms. The first-order chi connectivity index (χ1) is 19.7. The SMILES string of the molecule is CCCN(CC(=O)N(Cc1ccc(OC)cc1)C1CCN(C(=O)c2ccccc2C)CC1)S(=O)(=O)c1ccccc1. The van der Waals surface area contributed by atoms with Gasteiger partial charge in [0.1, 0.15) is 5.75 Å². The number of aryl methyl sites for hydroxylation is 1. The maximum absolute atomic E-state index is 13.9. The van der Waals surface area contributed by atoms with Crippen LogP contribution < -0.4 is 4.74 Å². The Morgan fingerprint density at radius 3 is 2.17 bits per heavy atom. The number of nitrogens with zero attached hydrogens (tertiary/aromatic N) is 3. The molecule has 9 heteroatoms. The highest BCUT2D eigenvalue weighted by Gasteiger charge is 2.33. The Hall–Kier alpha value is -3.69. The summed E-state index contributed by atoms with van der Waals surface area (Å²) in [7, 11) is -2.24. The summed E-state index contributed by atoms with van der Waals surface area (Å²) < 4.78 is 33.5. The molecule has 0 spiro atoms. The van der Waals surface area contributed by atoms with Crippen molar-refractivity contribution in [2.45, 2.75) is 50.6 Å². The quantitative estimate of drug-likeness (QED) is 0.329. The van der Waals surface area contributed by atoms with E-state index in [2.05, 4.69) is 0 Å². The minimum absolute atomic E-state index is 0.00217. The van der Waals surface area contributed by atoms with Crippen molar-refractivity contribution in [2.24, 2.45) is 0 Å². The van der Waals surface area contributed by atoms with Gasteiger partial charge in [0.05, 0.1) is 18.6 Å². The molecule has 0 aliphatic carbocycles. The summed E-state index contributed by atoms with van der Waals surface area (Å²) in [6.45, 7) is 5.20. The maximum atomic E-state index is 13.9. The van der Waals surface area contributed by atoms with E-state index in [-0.39, 0.29) is 35.8 Å². The van der Waals surface area contributed by atoms with E-state index >= 15 is 0 Å². The first kappa shape index (κ1) is 30.3. The van der Waals surface area contributed by atoms with Gasteiger partial charge in [-0.15, -0.1) is 0 Å². The van der Waals surface area contributed by atoms with Crippen LogP contribution in [0.3, 0.4) is 0 Å². The van der Waals surface area contributed by atoms with Gasteiger partial charge in [-0.3, -0.25) is 9.59 Å². The molecule has 1 aliphatic rings. The van der Waals surface area contributed by atoms with Gasteiger partial charge in [-0.25, -0.2) is 8.42 Å². The number of sulfonamides is 1. The van der Waals surface area contributed by atoms with E-state index in [1.54, 1.807) is 42.3 Å². The molecule has 8 nitrogen and oxygen atoms in total. The lowest BCUT2D eigenvalue weighted by molar-refractivity contribution is -0.135. The molecule has 1 fully saturated rings. The summed E-state index contributed by atoms with van der Waals surface area (Å²) in [5.41, 5.74) is 2.55. The van der Waals surface area contributed by atoms with Crippen molar-refractivity contribution in [3.63, 3.8) is 0 Å². The average Bonchev–Trinajstić information content (AvgIpc) is 3.00. The number of benzene rings is 3. The maximum Gasteiger partial charge on any atom is 0.254 e. The third kappa shape index (κ3) is 7.34. The number of amides is 2. The molecule has 1 aliphatic heterocycles. The average molecular weight is 578 g/mol. The Labute approximate surface area is 243 Å². The van der Waals surface area contributed by atoms with Crippen molar-refractivity contribution in [1.82, 2.24) is 14.1 Å². The number of likely N-dealkylation sites (tertiary alicyclic amines) is 1. The molecule has 0 unspecified atom stereocenters. The first-order valence-electron chi connectivity index (χ1n) is 14.1. The number of piperidine rings is 1. The fourth-order valence-electron chi connectivity index (χ4n) is 5.23. The molecule has 1 heterocycles. The highest BCUT2D eigenvalue weighted by atomic mass is 32.2. The summed E-state index contributed by atoms with van der Waals surface area (Å²) >= 11 is 0. The zero-order valence-electron chi connectivity index (χ0n) is 24.0. The van der Waals surface area contributed by atoms with Crippen LogP contribution in [0, 0.1) is 6.92 Å². The molecule has 2 amide bonds. The van der Waals surface area contributed by atoms with Crippen LogP contribution >= 0.6 is 0 Å². The smallest absolute Gasteiger partial charge is 0.254 e. The number of methoxy groups -OCH3 is 1. The second kappa shape index (κ2) is 13.8. The van der Waals surface area contributed by atoms with Crippen LogP contribution in [-0.4, -0.2) is 73.7 Å². The standard InChI is InChI=1S/C32H39N3O5S/c1-4-20-34(41(38,39)29-11-6-5-7-12-29)24-31(36)35(23-26-14-16-28(40-3)17-15-26)27-18-21-33(22-19-27)32(37)30-13-9-8-10-25(30)2/h5-17,27H,4,18-24H2,1-3H3. The molecule has 1 saturated heterocycles. The lowest BCUT2D eigenvalue weighted by Crippen LogP contribution is -2.51. The Morgan fingerprint density at radius 1 is 0.927 bits per heavy atom. The third-order valence-corrected chi connectivity index (χ3v) is 9.43. The molecular weight excluding hydrogens is 538 g/mol. The summed E-state index contributed by atoms with van der Waals surface area (Å²) in [6, 6.07) is 23.2. The second-order valence-corrected chi connectivity index (χ2v) is 12.3. The molecule has 0 atom stereocenters. The second-order valence-electron chi connectivity index (χ2n) is 10.4. The minimum atomic E-state index is -3.84. The molecule has 218 valence electrons. The lowest BCUT2D eigenvalue weighted by Gasteiger charge is -2.39. The monoisotopic (exact) mass is 577 g/mol. The van der Waals surface area contributed by atoms with E-state index in [1.807, 2.05) is 67.3 Å². The van der Waals surface area contributed by atoms with Gasteiger partial charge in [-0.1, -0.05) is 55.5 Å². The number of ether oxygens (including phenoxy) is 1. The summed E-state index contributed by atoms with van der Waals surface area (Å²) in [6.07, 6.45) is 1.80. The molecule has 0 bridgehead atoms. The number of carbonyl (C=O) groups excluding carboxylic acids is 2. The minimum Gasteiger partial charge on any atom is -0.497 e. The molecular formula is C32H39N3O5S. The summed E-state index contributed by atoms with van der Waals surface area (Å²) in [5, 5.41) is 0. The van der Waals surface area contributed by atoms with Gasteiger partial charge in [0.25, 0.3) is 5.91 Å². The molecule has 3 aromatic carbocycles. The van der Waals surface area contributed by atoms with Crippen molar-refractivity contribution in [3.8, 4) is 5.75 Å². The Balaban J connectivity index is 1.54. The zero-order chi connectivity index (χ0) is 29.4. The summed E-state index contributed by atoms with van der Waals surface area (Å²) in [4.78, 5) is 30.9. The van der Waals surface area contributed by atoms with Crippen molar-refractivity contribution in [2.75, 3.05) is 33.3 Å². The Bertz CT molecular complexity index is 1420. The van der Waals surface area contributed by atoms with Crippen LogP contribution in [0.1, 0.15) is 47.7 Å². The molecule has 0 N–H and O–H groups in total. The zero-order valence-corrected chi connectivity index (χ0v) is 24.8. The van der Waals surface area contributed by atoms with E-state index in [4.69, 9.17) is 4.74 Å². The van der Waals surface area contributed by atoms with Crippen LogP contribution in [0.5, 0.6) is 5.75 Å². The molecule has 0 radical (unpaired) electrons. The molecule has 3 aromatic rings. The van der Waals surface area contributed by atoms with Gasteiger partial charge in [-0.2, -0.15) is 4.31 Å². The van der Waals surface area contributed by atoms with E-state index in [0.717, 1.165) is 16.9 Å². The largest absolute Gasteiger partial charge is 0.497 e. The normalized spacial score (nSPS) is 14.2. The predicted molar refractivity (Wildman–Crippen MR) is 159 cm³/mol. The van der Waals surface area contributed by atoms with Crippen LogP contribution in [-0.2, 0) is 21.4 Å². The van der Waals surface area contributed by atoms with Gasteiger partial charge in [0, 0.05) is 37.8 Å². The molecule has 0 aromatic heterocycles. The van der Waals surface area contributed by atoms with Crippen LogP contribution in [0.4, 0.5) is 0 Å². The fraction of sp³-hybridized carbons (Fsp3) is 0.375. The van der Waals surface area contributed by atoms with Crippen molar-refractivity contribution in [1.29, 1.82) is 0 Å². The number of hydrogen-bond donors (Lipinski definition) is 0. The highest BCUT2D eigenvalue weighted by Crippen LogP contribution is 2.24. The van der Waals surface area contributed by atoms with Gasteiger partial charge in [-0.05, 0) is 67.6 Å². The van der Waals surface area contributed by atoms with Crippen LogP contribution in [0.15, 0.2) is 83.8 Å². The molecule has 0 saturated carbocycles. The van der Waals surface area contributed by atoms with Gasteiger partial charge >= 0.3 is 0 Å². The number of hydrogen-bond acceptors (Lipinski definition) is 5. The van der Waals surface area contributed by atoms with Crippen molar-refractivity contribution >= 4 is 21.8 Å².